The number of nitrogens with one attached hydrogen (secondary N) is 1. The highest BCUT2D eigenvalue weighted by molar-refractivity contribution is 5.95. The molecule has 168 valence electrons. The number of rotatable bonds is 5. The maximum Gasteiger partial charge on any atom is 0.198 e. The number of guanidine groups is 1. The highest BCUT2D eigenvalue weighted by atomic mass is 16.5. The fraction of sp³-hybridized carbons (Fsp3) is 0.708. The van der Waals surface area contributed by atoms with Crippen molar-refractivity contribution in [2.24, 2.45) is 4.99 Å². The molecule has 1 aromatic rings. The Bertz CT molecular complexity index is 700. The standard InChI is InChI=1S/C24H40N4O2/c1-24(2,3)19-10-11-22(29)21(18-19)26-23(25-12-17-30-4)28-15-13-27(14-16-28)20-8-6-5-7-9-20/h10-11,18,20,29H,5-9,12-17H2,1-4H3,(H,25,26). The van der Waals surface area contributed by atoms with Crippen molar-refractivity contribution in [3.63, 3.8) is 0 Å². The predicted octanol–water partition coefficient (Wildman–Crippen LogP) is 4.05. The van der Waals surface area contributed by atoms with Gasteiger partial charge < -0.3 is 20.1 Å². The molecule has 0 unspecified atom stereocenters. The van der Waals surface area contributed by atoms with Crippen molar-refractivity contribution in [2.45, 2.75) is 64.3 Å². The van der Waals surface area contributed by atoms with E-state index in [0.717, 1.165) is 38.2 Å². The van der Waals surface area contributed by atoms with Crippen LogP contribution in [0.4, 0.5) is 5.69 Å². The summed E-state index contributed by atoms with van der Waals surface area (Å²) in [5.74, 6) is 1.08. The first-order valence-corrected chi connectivity index (χ1v) is 11.5. The Morgan fingerprint density at radius 1 is 1.13 bits per heavy atom. The lowest BCUT2D eigenvalue weighted by Crippen LogP contribution is -2.53. The molecule has 0 radical (unpaired) electrons. The average Bonchev–Trinajstić information content (AvgIpc) is 2.74. The van der Waals surface area contributed by atoms with E-state index in [-0.39, 0.29) is 11.2 Å². The van der Waals surface area contributed by atoms with Gasteiger partial charge in [-0.15, -0.1) is 0 Å². The molecule has 6 nitrogen and oxygen atoms in total. The van der Waals surface area contributed by atoms with Crippen molar-refractivity contribution >= 4 is 11.6 Å². The molecule has 1 saturated carbocycles. The highest BCUT2D eigenvalue weighted by Gasteiger charge is 2.27. The number of hydrogen-bond acceptors (Lipinski definition) is 4. The van der Waals surface area contributed by atoms with Gasteiger partial charge in [0.05, 0.1) is 18.8 Å². The molecule has 2 N–H and O–H groups in total. The number of phenolic OH excluding ortho intramolecular Hbond substituents is 1. The second-order valence-corrected chi connectivity index (χ2v) is 9.62. The molecule has 30 heavy (non-hydrogen) atoms. The monoisotopic (exact) mass is 416 g/mol. The van der Waals surface area contributed by atoms with E-state index in [1.54, 1.807) is 13.2 Å². The quantitative estimate of drug-likeness (QED) is 0.328. The minimum atomic E-state index is 0.0170. The van der Waals surface area contributed by atoms with Crippen LogP contribution in [0.25, 0.3) is 0 Å². The van der Waals surface area contributed by atoms with Crippen LogP contribution in [0.1, 0.15) is 58.4 Å². The second kappa shape index (κ2) is 10.5. The van der Waals surface area contributed by atoms with Gasteiger partial charge in [-0.2, -0.15) is 0 Å². The van der Waals surface area contributed by atoms with Crippen LogP contribution in [0.15, 0.2) is 23.2 Å². The third-order valence-corrected chi connectivity index (χ3v) is 6.37. The van der Waals surface area contributed by atoms with Gasteiger partial charge in [-0.05, 0) is 36.0 Å². The molecule has 2 aliphatic rings. The number of aromatic hydroxyl groups is 1. The molecule has 1 saturated heterocycles. The molecule has 0 atom stereocenters. The summed E-state index contributed by atoms with van der Waals surface area (Å²) >= 11 is 0. The summed E-state index contributed by atoms with van der Waals surface area (Å²) in [6.45, 7) is 11.8. The molecule has 0 amide bonds. The molecule has 3 rings (SSSR count). The van der Waals surface area contributed by atoms with Crippen LogP contribution in [0, 0.1) is 0 Å². The summed E-state index contributed by atoms with van der Waals surface area (Å²) in [5.41, 5.74) is 1.91. The van der Waals surface area contributed by atoms with Crippen molar-refractivity contribution in [3.8, 4) is 5.75 Å². The van der Waals surface area contributed by atoms with Gasteiger partial charge in [-0.1, -0.05) is 46.1 Å². The fourth-order valence-corrected chi connectivity index (χ4v) is 4.43. The first kappa shape index (κ1) is 22.9. The van der Waals surface area contributed by atoms with Crippen molar-refractivity contribution < 1.29 is 9.84 Å². The summed E-state index contributed by atoms with van der Waals surface area (Å²) < 4.78 is 5.20. The van der Waals surface area contributed by atoms with E-state index in [1.165, 1.54) is 37.7 Å². The summed E-state index contributed by atoms with van der Waals surface area (Å²) in [7, 11) is 1.70. The van der Waals surface area contributed by atoms with Crippen molar-refractivity contribution in [3.05, 3.63) is 23.8 Å². The molecule has 6 heteroatoms. The number of anilines is 1. The third-order valence-electron chi connectivity index (χ3n) is 6.37. The van der Waals surface area contributed by atoms with Gasteiger partial charge >= 0.3 is 0 Å². The molecule has 1 heterocycles. The second-order valence-electron chi connectivity index (χ2n) is 9.62. The van der Waals surface area contributed by atoms with Crippen LogP contribution in [-0.2, 0) is 10.2 Å². The molecule has 0 bridgehead atoms. The molecule has 1 aromatic carbocycles. The minimum absolute atomic E-state index is 0.0170. The van der Waals surface area contributed by atoms with Crippen LogP contribution >= 0.6 is 0 Å². The van der Waals surface area contributed by atoms with Crippen LogP contribution in [-0.4, -0.2) is 73.3 Å². The van der Waals surface area contributed by atoms with Gasteiger partial charge in [0.15, 0.2) is 5.96 Å². The SMILES string of the molecule is COCCN=C(Nc1cc(C(C)(C)C)ccc1O)N1CCN(C2CCCCC2)CC1. The number of phenols is 1. The molecule has 1 aliphatic carbocycles. The van der Waals surface area contributed by atoms with E-state index < -0.39 is 0 Å². The Hall–Kier alpha value is -1.79. The Morgan fingerprint density at radius 2 is 1.83 bits per heavy atom. The summed E-state index contributed by atoms with van der Waals surface area (Å²) in [4.78, 5) is 9.76. The predicted molar refractivity (Wildman–Crippen MR) is 125 cm³/mol. The number of hydrogen-bond donors (Lipinski definition) is 2. The van der Waals surface area contributed by atoms with E-state index in [1.807, 2.05) is 12.1 Å². The number of benzene rings is 1. The number of aliphatic imine (C=N–C) groups is 1. The van der Waals surface area contributed by atoms with Crippen LogP contribution in [0.3, 0.4) is 0 Å². The van der Waals surface area contributed by atoms with Crippen LogP contribution < -0.4 is 5.32 Å². The molecule has 0 spiro atoms. The summed E-state index contributed by atoms with van der Waals surface area (Å²) in [6.07, 6.45) is 6.84. The van der Waals surface area contributed by atoms with E-state index in [2.05, 4.69) is 35.9 Å². The summed E-state index contributed by atoms with van der Waals surface area (Å²) in [5, 5.41) is 13.9. The molecular formula is C24H40N4O2. The summed E-state index contributed by atoms with van der Waals surface area (Å²) in [6, 6.07) is 6.57. The first-order chi connectivity index (χ1) is 14.4. The van der Waals surface area contributed by atoms with Gasteiger partial charge in [-0.3, -0.25) is 9.89 Å². The minimum Gasteiger partial charge on any atom is -0.506 e. The van der Waals surface area contributed by atoms with Gasteiger partial charge in [-0.25, -0.2) is 0 Å². The normalized spacial score (nSPS) is 19.9. The van der Waals surface area contributed by atoms with Crippen molar-refractivity contribution in [2.75, 3.05) is 51.8 Å². The number of nitrogens with zero attached hydrogens (tertiary/aromatic N) is 3. The lowest BCUT2D eigenvalue weighted by molar-refractivity contribution is 0.107. The molecular weight excluding hydrogens is 376 g/mol. The molecule has 0 aromatic heterocycles. The smallest absolute Gasteiger partial charge is 0.198 e. The van der Waals surface area contributed by atoms with Gasteiger partial charge in [0.1, 0.15) is 5.75 Å². The zero-order valence-corrected chi connectivity index (χ0v) is 19.3. The molecule has 2 fully saturated rings. The maximum absolute atomic E-state index is 10.5. The van der Waals surface area contributed by atoms with E-state index in [4.69, 9.17) is 9.73 Å². The van der Waals surface area contributed by atoms with E-state index in [9.17, 15) is 5.11 Å². The largest absolute Gasteiger partial charge is 0.506 e. The maximum atomic E-state index is 10.5. The zero-order chi connectivity index (χ0) is 21.6. The Balaban J connectivity index is 1.70. The Kier molecular flexibility index (Phi) is 8.00. The third kappa shape index (κ3) is 6.11. The zero-order valence-electron chi connectivity index (χ0n) is 19.3. The van der Waals surface area contributed by atoms with Crippen molar-refractivity contribution in [1.82, 2.24) is 9.80 Å². The lowest BCUT2D eigenvalue weighted by Gasteiger charge is -2.41. The average molecular weight is 417 g/mol. The fourth-order valence-electron chi connectivity index (χ4n) is 4.43. The topological polar surface area (TPSA) is 60.3 Å². The molecule has 1 aliphatic heterocycles. The van der Waals surface area contributed by atoms with E-state index in [0.29, 0.717) is 18.8 Å². The van der Waals surface area contributed by atoms with Crippen LogP contribution in [0.5, 0.6) is 5.75 Å². The first-order valence-electron chi connectivity index (χ1n) is 11.5. The van der Waals surface area contributed by atoms with Crippen molar-refractivity contribution in [1.29, 1.82) is 0 Å². The van der Waals surface area contributed by atoms with Gasteiger partial charge in [0.2, 0.25) is 0 Å². The Morgan fingerprint density at radius 3 is 2.47 bits per heavy atom. The lowest BCUT2D eigenvalue weighted by atomic mass is 9.87. The van der Waals surface area contributed by atoms with Gasteiger partial charge in [0.25, 0.3) is 0 Å². The Labute approximate surface area is 182 Å². The highest BCUT2D eigenvalue weighted by Crippen LogP contribution is 2.31. The number of piperazine rings is 1. The number of ether oxygens (including phenoxy) is 1. The van der Waals surface area contributed by atoms with Gasteiger partial charge in [0, 0.05) is 39.3 Å². The van der Waals surface area contributed by atoms with E-state index >= 15 is 0 Å². The van der Waals surface area contributed by atoms with Crippen LogP contribution in [0.2, 0.25) is 0 Å². The number of methoxy groups -OCH3 is 1.